The molecule has 0 radical (unpaired) electrons. The van der Waals surface area contributed by atoms with Crippen LogP contribution in [-0.4, -0.2) is 19.0 Å². The van der Waals surface area contributed by atoms with Crippen molar-refractivity contribution in [2.24, 2.45) is 5.73 Å². The van der Waals surface area contributed by atoms with E-state index in [4.69, 9.17) is 17.3 Å². The Balaban J connectivity index is 2.53. The summed E-state index contributed by atoms with van der Waals surface area (Å²) in [6, 6.07) is 14.4. The molecule has 3 heteroatoms. The Bertz CT molecular complexity index is 591. The van der Waals surface area contributed by atoms with Gasteiger partial charge in [-0.25, -0.2) is 0 Å². The fraction of sp³-hybridized carbons (Fsp3) is 0.294. The molecule has 2 rings (SSSR count). The predicted octanol–water partition coefficient (Wildman–Crippen LogP) is 4.09. The molecule has 0 aromatic heterocycles. The fourth-order valence-electron chi connectivity index (χ4n) is 2.29. The number of rotatable bonds is 4. The average Bonchev–Trinajstić information content (AvgIpc) is 2.39. The topological polar surface area (TPSA) is 29.3 Å². The molecule has 0 aliphatic rings. The van der Waals surface area contributed by atoms with Crippen LogP contribution in [-0.2, 0) is 6.54 Å². The highest BCUT2D eigenvalue weighted by molar-refractivity contribution is 6.33. The van der Waals surface area contributed by atoms with Gasteiger partial charge >= 0.3 is 0 Å². The first-order valence-corrected chi connectivity index (χ1v) is 7.15. The van der Waals surface area contributed by atoms with Gasteiger partial charge in [-0.1, -0.05) is 41.9 Å². The summed E-state index contributed by atoms with van der Waals surface area (Å²) in [6.45, 7) is 2.87. The van der Waals surface area contributed by atoms with Crippen LogP contribution in [0.3, 0.4) is 0 Å². The zero-order chi connectivity index (χ0) is 14.7. The lowest BCUT2D eigenvalue weighted by molar-refractivity contribution is 0.403. The Kier molecular flexibility index (Phi) is 4.81. The van der Waals surface area contributed by atoms with E-state index in [1.165, 1.54) is 11.1 Å². The summed E-state index contributed by atoms with van der Waals surface area (Å²) in [5.74, 6) is 0. The first kappa shape index (κ1) is 15.0. The minimum absolute atomic E-state index is 0.00651. The smallest absolute Gasteiger partial charge is 0.0484 e. The molecule has 2 nitrogen and oxygen atoms in total. The van der Waals surface area contributed by atoms with Crippen molar-refractivity contribution in [1.29, 1.82) is 0 Å². The van der Waals surface area contributed by atoms with Crippen LogP contribution >= 0.6 is 11.6 Å². The maximum absolute atomic E-state index is 6.39. The summed E-state index contributed by atoms with van der Waals surface area (Å²) < 4.78 is 0. The minimum Gasteiger partial charge on any atom is -0.324 e. The van der Waals surface area contributed by atoms with Gasteiger partial charge in [0.15, 0.2) is 0 Å². The molecular formula is C17H21ClN2. The molecule has 20 heavy (non-hydrogen) atoms. The lowest BCUT2D eigenvalue weighted by Gasteiger charge is -2.16. The third-order valence-corrected chi connectivity index (χ3v) is 3.64. The first-order chi connectivity index (χ1) is 9.49. The highest BCUT2D eigenvalue weighted by Crippen LogP contribution is 2.32. The van der Waals surface area contributed by atoms with Gasteiger partial charge in [0.25, 0.3) is 0 Å². The molecule has 0 amide bonds. The van der Waals surface area contributed by atoms with Crippen molar-refractivity contribution in [3.05, 3.63) is 58.6 Å². The molecule has 0 saturated heterocycles. The minimum atomic E-state index is 0.00651. The fourth-order valence-corrected chi connectivity index (χ4v) is 2.51. The zero-order valence-electron chi connectivity index (χ0n) is 12.2. The number of nitrogens with two attached hydrogens (primary N) is 1. The summed E-state index contributed by atoms with van der Waals surface area (Å²) in [4.78, 5) is 2.15. The number of nitrogens with zero attached hydrogens (tertiary/aromatic N) is 1. The van der Waals surface area contributed by atoms with E-state index in [0.717, 1.165) is 22.7 Å². The number of benzene rings is 2. The molecule has 0 saturated carbocycles. The number of hydrogen-bond acceptors (Lipinski definition) is 2. The third kappa shape index (κ3) is 3.40. The Hall–Kier alpha value is -1.35. The Morgan fingerprint density at radius 2 is 1.80 bits per heavy atom. The van der Waals surface area contributed by atoms with E-state index in [2.05, 4.69) is 43.3 Å². The van der Waals surface area contributed by atoms with Crippen LogP contribution in [0.15, 0.2) is 42.5 Å². The van der Waals surface area contributed by atoms with Gasteiger partial charge in [0.1, 0.15) is 0 Å². The van der Waals surface area contributed by atoms with Crippen molar-refractivity contribution in [2.75, 3.05) is 14.1 Å². The van der Waals surface area contributed by atoms with E-state index in [-0.39, 0.29) is 6.04 Å². The quantitative estimate of drug-likeness (QED) is 0.918. The van der Waals surface area contributed by atoms with E-state index >= 15 is 0 Å². The van der Waals surface area contributed by atoms with E-state index in [1.807, 2.05) is 25.1 Å². The second-order valence-corrected chi connectivity index (χ2v) is 5.83. The molecule has 2 N–H and O–H groups in total. The Labute approximate surface area is 126 Å². The maximum Gasteiger partial charge on any atom is 0.0484 e. The van der Waals surface area contributed by atoms with Crippen LogP contribution in [0.5, 0.6) is 0 Å². The molecule has 2 aromatic rings. The molecule has 0 fully saturated rings. The number of halogens is 1. The SMILES string of the molecule is CC(N)c1ccc(Cl)c(-c2ccccc2CN(C)C)c1. The van der Waals surface area contributed by atoms with Gasteiger partial charge in [-0.3, -0.25) is 0 Å². The summed E-state index contributed by atoms with van der Waals surface area (Å²) in [7, 11) is 4.13. The van der Waals surface area contributed by atoms with Crippen molar-refractivity contribution < 1.29 is 0 Å². The van der Waals surface area contributed by atoms with Crippen molar-refractivity contribution >= 4 is 11.6 Å². The summed E-state index contributed by atoms with van der Waals surface area (Å²) >= 11 is 6.39. The second kappa shape index (κ2) is 6.40. The van der Waals surface area contributed by atoms with Gasteiger partial charge in [0.2, 0.25) is 0 Å². The largest absolute Gasteiger partial charge is 0.324 e. The first-order valence-electron chi connectivity index (χ1n) is 6.77. The molecule has 2 aromatic carbocycles. The van der Waals surface area contributed by atoms with Gasteiger partial charge < -0.3 is 10.6 Å². The van der Waals surface area contributed by atoms with Crippen LogP contribution in [0, 0.1) is 0 Å². The van der Waals surface area contributed by atoms with Gasteiger partial charge in [-0.05, 0) is 49.8 Å². The summed E-state index contributed by atoms with van der Waals surface area (Å²) in [6.07, 6.45) is 0. The van der Waals surface area contributed by atoms with E-state index in [0.29, 0.717) is 0 Å². The molecule has 0 aliphatic carbocycles. The molecular weight excluding hydrogens is 268 g/mol. The van der Waals surface area contributed by atoms with Crippen molar-refractivity contribution in [3.8, 4) is 11.1 Å². The van der Waals surface area contributed by atoms with E-state index in [9.17, 15) is 0 Å². The molecule has 0 bridgehead atoms. The highest BCUT2D eigenvalue weighted by atomic mass is 35.5. The van der Waals surface area contributed by atoms with Crippen LogP contribution < -0.4 is 5.73 Å². The van der Waals surface area contributed by atoms with Crippen molar-refractivity contribution in [2.45, 2.75) is 19.5 Å². The van der Waals surface area contributed by atoms with E-state index in [1.54, 1.807) is 0 Å². The van der Waals surface area contributed by atoms with Gasteiger partial charge in [-0.15, -0.1) is 0 Å². The van der Waals surface area contributed by atoms with E-state index < -0.39 is 0 Å². The van der Waals surface area contributed by atoms with Crippen LogP contribution in [0.4, 0.5) is 0 Å². The highest BCUT2D eigenvalue weighted by Gasteiger charge is 2.11. The third-order valence-electron chi connectivity index (χ3n) is 3.31. The van der Waals surface area contributed by atoms with Crippen LogP contribution in [0.2, 0.25) is 5.02 Å². The summed E-state index contributed by atoms with van der Waals surface area (Å²) in [5, 5.41) is 0.764. The number of hydrogen-bond donors (Lipinski definition) is 1. The average molecular weight is 289 g/mol. The van der Waals surface area contributed by atoms with Crippen LogP contribution in [0.1, 0.15) is 24.1 Å². The van der Waals surface area contributed by atoms with Crippen molar-refractivity contribution in [3.63, 3.8) is 0 Å². The molecule has 0 spiro atoms. The lowest BCUT2D eigenvalue weighted by atomic mass is 9.96. The monoisotopic (exact) mass is 288 g/mol. The van der Waals surface area contributed by atoms with Crippen molar-refractivity contribution in [1.82, 2.24) is 4.90 Å². The molecule has 1 atom stereocenters. The normalized spacial score (nSPS) is 12.7. The Morgan fingerprint density at radius 3 is 2.45 bits per heavy atom. The Morgan fingerprint density at radius 1 is 1.10 bits per heavy atom. The predicted molar refractivity (Wildman–Crippen MR) is 86.9 cm³/mol. The molecule has 0 aliphatic heterocycles. The molecule has 1 unspecified atom stereocenters. The zero-order valence-corrected chi connectivity index (χ0v) is 13.0. The molecule has 106 valence electrons. The second-order valence-electron chi connectivity index (χ2n) is 5.42. The van der Waals surface area contributed by atoms with Crippen LogP contribution in [0.25, 0.3) is 11.1 Å². The van der Waals surface area contributed by atoms with Gasteiger partial charge in [0.05, 0.1) is 0 Å². The summed E-state index contributed by atoms with van der Waals surface area (Å²) in [5.41, 5.74) is 10.6. The lowest BCUT2D eigenvalue weighted by Crippen LogP contribution is -2.11. The van der Waals surface area contributed by atoms with Gasteiger partial charge in [0, 0.05) is 23.2 Å². The molecule has 0 heterocycles. The standard InChI is InChI=1S/C17H21ClN2/c1-12(19)13-8-9-17(18)16(10-13)15-7-5-4-6-14(15)11-20(2)3/h4-10,12H,11,19H2,1-3H3. The van der Waals surface area contributed by atoms with Gasteiger partial charge in [-0.2, -0.15) is 0 Å². The maximum atomic E-state index is 6.39.